The summed E-state index contributed by atoms with van der Waals surface area (Å²) in [6, 6.07) is 5.32. The van der Waals surface area contributed by atoms with E-state index in [4.69, 9.17) is 4.74 Å². The van der Waals surface area contributed by atoms with Gasteiger partial charge in [-0.3, -0.25) is 13.9 Å². The Morgan fingerprint density at radius 3 is 2.31 bits per heavy atom. The summed E-state index contributed by atoms with van der Waals surface area (Å²) >= 11 is 0. The standard InChI is InChI=1S/C18H26N2O5S/c1-13-5-6-16(11-14(13)2)20(26(4,23)24)12-17(21)19-9-7-15(8-10-19)18(22)25-3/h5-6,11,15H,7-10,12H2,1-4H3. The highest BCUT2D eigenvalue weighted by atomic mass is 32.2. The Kier molecular flexibility index (Phi) is 6.28. The zero-order valence-corrected chi connectivity index (χ0v) is 16.5. The van der Waals surface area contributed by atoms with Crippen LogP contribution in [0.3, 0.4) is 0 Å². The van der Waals surface area contributed by atoms with Crippen molar-refractivity contribution >= 4 is 27.6 Å². The zero-order valence-electron chi connectivity index (χ0n) is 15.7. The van der Waals surface area contributed by atoms with Gasteiger partial charge in [-0.2, -0.15) is 0 Å². The summed E-state index contributed by atoms with van der Waals surface area (Å²) in [5.41, 5.74) is 2.49. The highest BCUT2D eigenvalue weighted by molar-refractivity contribution is 7.92. The fraction of sp³-hybridized carbons (Fsp3) is 0.556. The average Bonchev–Trinajstić information content (AvgIpc) is 2.60. The minimum absolute atomic E-state index is 0.199. The molecule has 0 unspecified atom stereocenters. The van der Waals surface area contributed by atoms with Crippen molar-refractivity contribution in [3.63, 3.8) is 0 Å². The first kappa shape index (κ1) is 20.2. The van der Waals surface area contributed by atoms with Gasteiger partial charge in [-0.15, -0.1) is 0 Å². The summed E-state index contributed by atoms with van der Waals surface area (Å²) in [4.78, 5) is 25.8. The molecule has 2 rings (SSSR count). The van der Waals surface area contributed by atoms with Crippen LogP contribution in [0.15, 0.2) is 18.2 Å². The SMILES string of the molecule is COC(=O)C1CCN(C(=O)CN(c2ccc(C)c(C)c2)S(C)(=O)=O)CC1. The summed E-state index contributed by atoms with van der Waals surface area (Å²) in [5.74, 6) is -0.725. The lowest BCUT2D eigenvalue weighted by Crippen LogP contribution is -2.46. The summed E-state index contributed by atoms with van der Waals surface area (Å²) in [7, 11) is -2.24. The fourth-order valence-electron chi connectivity index (χ4n) is 3.03. The molecule has 1 aliphatic rings. The Bertz CT molecular complexity index is 783. The Morgan fingerprint density at radius 1 is 1.19 bits per heavy atom. The van der Waals surface area contributed by atoms with Crippen molar-refractivity contribution < 1.29 is 22.7 Å². The number of hydrogen-bond donors (Lipinski definition) is 0. The maximum Gasteiger partial charge on any atom is 0.308 e. The van der Waals surface area contributed by atoms with Crippen molar-refractivity contribution in [1.29, 1.82) is 0 Å². The zero-order chi connectivity index (χ0) is 19.5. The van der Waals surface area contributed by atoms with Gasteiger partial charge in [0.05, 0.1) is 25.0 Å². The lowest BCUT2D eigenvalue weighted by Gasteiger charge is -2.32. The third kappa shape index (κ3) is 4.75. The molecule has 1 saturated heterocycles. The molecule has 0 aromatic heterocycles. The van der Waals surface area contributed by atoms with Gasteiger partial charge in [-0.1, -0.05) is 6.07 Å². The number of likely N-dealkylation sites (tertiary alicyclic amines) is 1. The van der Waals surface area contributed by atoms with Crippen LogP contribution < -0.4 is 4.31 Å². The predicted molar refractivity (Wildman–Crippen MR) is 99.4 cm³/mol. The van der Waals surface area contributed by atoms with Crippen molar-refractivity contribution in [1.82, 2.24) is 4.90 Å². The second-order valence-electron chi connectivity index (χ2n) is 6.72. The van der Waals surface area contributed by atoms with Crippen LogP contribution >= 0.6 is 0 Å². The molecule has 0 saturated carbocycles. The molecule has 0 radical (unpaired) electrons. The molecule has 1 heterocycles. The first-order chi connectivity index (χ1) is 12.1. The summed E-state index contributed by atoms with van der Waals surface area (Å²) < 4.78 is 30.3. The summed E-state index contributed by atoms with van der Waals surface area (Å²) in [5, 5.41) is 0. The van der Waals surface area contributed by atoms with Crippen molar-refractivity contribution in [2.24, 2.45) is 5.92 Å². The fourth-order valence-corrected chi connectivity index (χ4v) is 3.88. The average molecular weight is 382 g/mol. The van der Waals surface area contributed by atoms with E-state index in [1.807, 2.05) is 19.9 Å². The lowest BCUT2D eigenvalue weighted by atomic mass is 9.97. The van der Waals surface area contributed by atoms with Gasteiger partial charge in [-0.05, 0) is 49.9 Å². The molecule has 0 bridgehead atoms. The van der Waals surface area contributed by atoms with E-state index >= 15 is 0 Å². The number of anilines is 1. The number of methoxy groups -OCH3 is 1. The van der Waals surface area contributed by atoms with Gasteiger partial charge in [0.25, 0.3) is 0 Å². The van der Waals surface area contributed by atoms with E-state index in [1.165, 1.54) is 7.11 Å². The quantitative estimate of drug-likeness (QED) is 0.720. The number of esters is 1. The van der Waals surface area contributed by atoms with Crippen molar-refractivity contribution in [2.75, 3.05) is 37.3 Å². The van der Waals surface area contributed by atoms with E-state index in [1.54, 1.807) is 17.0 Å². The number of carbonyl (C=O) groups is 2. The summed E-state index contributed by atoms with van der Waals surface area (Å²) in [6.07, 6.45) is 2.15. The van der Waals surface area contributed by atoms with Crippen LogP contribution in [-0.2, 0) is 24.3 Å². The molecule has 0 spiro atoms. The van der Waals surface area contributed by atoms with Gasteiger partial charge in [0.2, 0.25) is 15.9 Å². The van der Waals surface area contributed by atoms with Gasteiger partial charge in [-0.25, -0.2) is 8.42 Å². The number of amides is 1. The van der Waals surface area contributed by atoms with Crippen molar-refractivity contribution in [3.8, 4) is 0 Å². The van der Waals surface area contributed by atoms with Crippen molar-refractivity contribution in [3.05, 3.63) is 29.3 Å². The molecule has 0 atom stereocenters. The number of aryl methyl sites for hydroxylation is 2. The first-order valence-corrected chi connectivity index (χ1v) is 10.4. The smallest absolute Gasteiger partial charge is 0.308 e. The summed E-state index contributed by atoms with van der Waals surface area (Å²) in [6.45, 7) is 4.44. The van der Waals surface area contributed by atoms with Crippen LogP contribution in [0, 0.1) is 19.8 Å². The largest absolute Gasteiger partial charge is 0.469 e. The number of nitrogens with zero attached hydrogens (tertiary/aromatic N) is 2. The van der Waals surface area contributed by atoms with E-state index in [2.05, 4.69) is 0 Å². The van der Waals surface area contributed by atoms with E-state index < -0.39 is 10.0 Å². The number of piperidine rings is 1. The first-order valence-electron chi connectivity index (χ1n) is 8.54. The van der Waals surface area contributed by atoms with E-state index in [0.29, 0.717) is 31.6 Å². The monoisotopic (exact) mass is 382 g/mol. The maximum absolute atomic E-state index is 12.6. The second kappa shape index (κ2) is 8.07. The maximum atomic E-state index is 12.6. The molecule has 1 aliphatic heterocycles. The number of hydrogen-bond acceptors (Lipinski definition) is 5. The third-order valence-corrected chi connectivity index (χ3v) is 5.98. The number of ether oxygens (including phenoxy) is 1. The molecule has 0 aliphatic carbocycles. The van der Waals surface area contributed by atoms with Crippen LogP contribution in [-0.4, -0.2) is 58.2 Å². The number of rotatable bonds is 5. The number of carbonyl (C=O) groups excluding carboxylic acids is 2. The van der Waals surface area contributed by atoms with Crippen LogP contribution in [0.1, 0.15) is 24.0 Å². The van der Waals surface area contributed by atoms with Gasteiger partial charge < -0.3 is 9.64 Å². The predicted octanol–water partition coefficient (Wildman–Crippen LogP) is 1.48. The Hall–Kier alpha value is -2.09. The van der Waals surface area contributed by atoms with Crippen LogP contribution in [0.25, 0.3) is 0 Å². The molecule has 26 heavy (non-hydrogen) atoms. The van der Waals surface area contributed by atoms with E-state index in [-0.39, 0.29) is 24.3 Å². The molecular formula is C18H26N2O5S. The van der Waals surface area contributed by atoms with Crippen LogP contribution in [0.4, 0.5) is 5.69 Å². The Labute approximate surface area is 155 Å². The Balaban J connectivity index is 2.11. The third-order valence-electron chi connectivity index (χ3n) is 4.84. The van der Waals surface area contributed by atoms with Crippen LogP contribution in [0.5, 0.6) is 0 Å². The van der Waals surface area contributed by atoms with E-state index in [9.17, 15) is 18.0 Å². The molecule has 1 fully saturated rings. The Morgan fingerprint density at radius 2 is 1.81 bits per heavy atom. The highest BCUT2D eigenvalue weighted by Crippen LogP contribution is 2.23. The molecular weight excluding hydrogens is 356 g/mol. The second-order valence-corrected chi connectivity index (χ2v) is 8.62. The topological polar surface area (TPSA) is 84.0 Å². The van der Waals surface area contributed by atoms with Crippen LogP contribution in [0.2, 0.25) is 0 Å². The normalized spacial score (nSPS) is 15.6. The van der Waals surface area contributed by atoms with Gasteiger partial charge in [0.15, 0.2) is 0 Å². The molecule has 8 heteroatoms. The molecule has 1 aromatic rings. The van der Waals surface area contributed by atoms with E-state index in [0.717, 1.165) is 21.7 Å². The molecule has 144 valence electrons. The number of sulfonamides is 1. The van der Waals surface area contributed by atoms with Gasteiger partial charge in [0.1, 0.15) is 6.54 Å². The molecule has 1 amide bonds. The minimum atomic E-state index is -3.60. The number of benzene rings is 1. The van der Waals surface area contributed by atoms with Crippen molar-refractivity contribution in [2.45, 2.75) is 26.7 Å². The highest BCUT2D eigenvalue weighted by Gasteiger charge is 2.30. The van der Waals surface area contributed by atoms with Gasteiger partial charge >= 0.3 is 5.97 Å². The van der Waals surface area contributed by atoms with Gasteiger partial charge in [0, 0.05) is 13.1 Å². The molecule has 0 N–H and O–H groups in total. The minimum Gasteiger partial charge on any atom is -0.469 e. The lowest BCUT2D eigenvalue weighted by molar-refractivity contribution is -0.148. The molecule has 1 aromatic carbocycles. The molecule has 7 nitrogen and oxygen atoms in total.